The van der Waals surface area contributed by atoms with Crippen LogP contribution in [0, 0.1) is 17.8 Å². The summed E-state index contributed by atoms with van der Waals surface area (Å²) in [6.45, 7) is 0.720. The van der Waals surface area contributed by atoms with Crippen LogP contribution in [0.15, 0.2) is 65.1 Å². The van der Waals surface area contributed by atoms with Gasteiger partial charge in [-0.15, -0.1) is 0 Å². The van der Waals surface area contributed by atoms with E-state index in [1.165, 1.54) is 0 Å². The van der Waals surface area contributed by atoms with Gasteiger partial charge < -0.3 is 20.4 Å². The minimum atomic E-state index is -1.19. The second-order valence-corrected chi connectivity index (χ2v) is 12.2. The number of piperidine rings is 1. The summed E-state index contributed by atoms with van der Waals surface area (Å²) in [5, 5.41) is 9.11. The van der Waals surface area contributed by atoms with E-state index >= 15 is 0 Å². The highest BCUT2D eigenvalue weighted by molar-refractivity contribution is 6.38. The molecule has 3 amide bonds. The molecule has 9 heteroatoms. The van der Waals surface area contributed by atoms with Gasteiger partial charge in [-0.25, -0.2) is 0 Å². The first-order chi connectivity index (χ1) is 21.4. The van der Waals surface area contributed by atoms with E-state index < -0.39 is 35.5 Å². The number of carbonyl (C=O) groups is 5. The Kier molecular flexibility index (Phi) is 10.6. The van der Waals surface area contributed by atoms with Gasteiger partial charge in [-0.05, 0) is 49.3 Å². The fourth-order valence-corrected chi connectivity index (χ4v) is 6.44. The average Bonchev–Trinajstić information content (AvgIpc) is 3.49. The summed E-state index contributed by atoms with van der Waals surface area (Å²) in [5.41, 5.74) is 1.43. The number of para-hydroxylation sites is 1. The molecular weight excluding hydrogens is 558 g/mol. The Morgan fingerprint density at radius 2 is 1.64 bits per heavy atom. The van der Waals surface area contributed by atoms with E-state index in [1.807, 2.05) is 48.5 Å². The lowest BCUT2D eigenvalue weighted by Gasteiger charge is -2.29. The fourth-order valence-electron chi connectivity index (χ4n) is 6.44. The molecule has 2 aliphatic rings. The zero-order valence-corrected chi connectivity index (χ0v) is 25.0. The number of hydrogen-bond donors (Lipinski definition) is 3. The maximum absolute atomic E-state index is 13.9. The normalized spacial score (nSPS) is 18.6. The van der Waals surface area contributed by atoms with Gasteiger partial charge >= 0.3 is 0 Å². The monoisotopic (exact) mass is 599 g/mol. The van der Waals surface area contributed by atoms with Crippen LogP contribution in [0.25, 0.3) is 11.0 Å². The zero-order chi connectivity index (χ0) is 30.9. The van der Waals surface area contributed by atoms with Crippen molar-refractivity contribution in [3.8, 4) is 0 Å². The molecule has 1 saturated heterocycles. The molecule has 1 aliphatic heterocycles. The maximum atomic E-state index is 13.9. The van der Waals surface area contributed by atoms with Gasteiger partial charge in [0.2, 0.25) is 17.6 Å². The van der Waals surface area contributed by atoms with Crippen molar-refractivity contribution < 1.29 is 28.4 Å². The van der Waals surface area contributed by atoms with Gasteiger partial charge in [0, 0.05) is 36.7 Å². The van der Waals surface area contributed by atoms with Gasteiger partial charge in [0.05, 0.1) is 6.04 Å². The van der Waals surface area contributed by atoms with Crippen LogP contribution in [0.5, 0.6) is 0 Å². The topological polar surface area (TPSA) is 135 Å². The molecule has 0 unspecified atom stereocenters. The standard InChI is InChI=1S/C35H41N3O6/c39-29(31-21-25-14-7-8-16-30(25)44-31)20-27(18-23-10-3-1-4-11-23)34(42)38-28(19-26-15-9-17-36-33(26)41)32(40)35(43)37-22-24-12-5-2-6-13-24/h2,5-8,12-14,16,21,23,26-28H,1,3-4,9-11,15,17-20,22H2,(H,36,41)(H,37,43)(H,38,42)/t26-,27+,28-/m0/s1. The number of amides is 3. The molecule has 3 N–H and O–H groups in total. The van der Waals surface area contributed by atoms with Crippen molar-refractivity contribution in [1.29, 1.82) is 0 Å². The number of carbonyl (C=O) groups excluding carboxylic acids is 5. The molecule has 2 aromatic carbocycles. The van der Waals surface area contributed by atoms with E-state index in [0.717, 1.165) is 49.5 Å². The van der Waals surface area contributed by atoms with Gasteiger partial charge in [0.1, 0.15) is 5.58 Å². The van der Waals surface area contributed by atoms with Crippen LogP contribution in [0.1, 0.15) is 80.3 Å². The number of hydrogen-bond acceptors (Lipinski definition) is 6. The predicted octanol–water partition coefficient (Wildman–Crippen LogP) is 4.88. The second kappa shape index (κ2) is 14.9. The minimum absolute atomic E-state index is 0.0167. The number of fused-ring (bicyclic) bond motifs is 1. The van der Waals surface area contributed by atoms with Gasteiger partial charge in [-0.1, -0.05) is 80.6 Å². The third-order valence-electron chi connectivity index (χ3n) is 8.92. The number of rotatable bonds is 13. The molecule has 0 spiro atoms. The average molecular weight is 600 g/mol. The molecule has 1 saturated carbocycles. The molecule has 5 rings (SSSR count). The molecule has 1 aromatic heterocycles. The first kappa shape index (κ1) is 31.2. The lowest BCUT2D eigenvalue weighted by atomic mass is 9.80. The third-order valence-corrected chi connectivity index (χ3v) is 8.92. The molecule has 1 aliphatic carbocycles. The summed E-state index contributed by atoms with van der Waals surface area (Å²) in [6, 6.07) is 17.1. The molecule has 0 radical (unpaired) electrons. The van der Waals surface area contributed by atoms with Crippen LogP contribution in [0.4, 0.5) is 0 Å². The largest absolute Gasteiger partial charge is 0.453 e. The highest BCUT2D eigenvalue weighted by Gasteiger charge is 2.36. The maximum Gasteiger partial charge on any atom is 0.289 e. The summed E-state index contributed by atoms with van der Waals surface area (Å²) in [6.07, 6.45) is 7.04. The van der Waals surface area contributed by atoms with Crippen LogP contribution in [0.2, 0.25) is 0 Å². The number of nitrogens with one attached hydrogen (secondary N) is 3. The van der Waals surface area contributed by atoms with Crippen LogP contribution < -0.4 is 16.0 Å². The summed E-state index contributed by atoms with van der Waals surface area (Å²) < 4.78 is 5.79. The van der Waals surface area contributed by atoms with Crippen LogP contribution in [0.3, 0.4) is 0 Å². The lowest BCUT2D eigenvalue weighted by molar-refractivity contribution is -0.141. The van der Waals surface area contributed by atoms with Gasteiger partial charge in [-0.2, -0.15) is 0 Å². The van der Waals surface area contributed by atoms with E-state index in [0.29, 0.717) is 25.0 Å². The summed E-state index contributed by atoms with van der Waals surface area (Å²) in [7, 11) is 0. The van der Waals surface area contributed by atoms with E-state index in [4.69, 9.17) is 4.42 Å². The van der Waals surface area contributed by atoms with E-state index in [2.05, 4.69) is 16.0 Å². The number of ketones is 2. The van der Waals surface area contributed by atoms with Crippen molar-refractivity contribution in [2.75, 3.05) is 6.54 Å². The van der Waals surface area contributed by atoms with Crippen LogP contribution in [-0.2, 0) is 25.7 Å². The Morgan fingerprint density at radius 3 is 2.39 bits per heavy atom. The van der Waals surface area contributed by atoms with E-state index in [1.54, 1.807) is 12.1 Å². The zero-order valence-electron chi connectivity index (χ0n) is 25.0. The summed E-state index contributed by atoms with van der Waals surface area (Å²) in [4.78, 5) is 66.5. The first-order valence-electron chi connectivity index (χ1n) is 15.8. The van der Waals surface area contributed by atoms with Crippen molar-refractivity contribution in [2.24, 2.45) is 17.8 Å². The smallest absolute Gasteiger partial charge is 0.289 e. The van der Waals surface area contributed by atoms with E-state index in [-0.39, 0.29) is 42.8 Å². The van der Waals surface area contributed by atoms with Crippen molar-refractivity contribution in [3.05, 3.63) is 72.0 Å². The predicted molar refractivity (Wildman–Crippen MR) is 165 cm³/mol. The first-order valence-corrected chi connectivity index (χ1v) is 15.8. The van der Waals surface area contributed by atoms with Crippen LogP contribution in [-0.4, -0.2) is 41.9 Å². The number of furan rings is 1. The minimum Gasteiger partial charge on any atom is -0.453 e. The Balaban J connectivity index is 1.33. The molecule has 0 bridgehead atoms. The Morgan fingerprint density at radius 1 is 0.886 bits per heavy atom. The number of benzene rings is 2. The van der Waals surface area contributed by atoms with Crippen LogP contribution >= 0.6 is 0 Å². The molecule has 3 aromatic rings. The van der Waals surface area contributed by atoms with E-state index in [9.17, 15) is 24.0 Å². The van der Waals surface area contributed by atoms with Crippen molar-refractivity contribution in [3.63, 3.8) is 0 Å². The van der Waals surface area contributed by atoms with Gasteiger partial charge in [0.15, 0.2) is 11.5 Å². The molecule has 44 heavy (non-hydrogen) atoms. The van der Waals surface area contributed by atoms with Crippen molar-refractivity contribution >= 4 is 40.3 Å². The summed E-state index contributed by atoms with van der Waals surface area (Å²) in [5.74, 6) is -3.28. The second-order valence-electron chi connectivity index (χ2n) is 12.2. The Hall–Kier alpha value is -4.27. The third kappa shape index (κ3) is 8.21. The SMILES string of the molecule is O=C(NCc1ccccc1)C(=O)[C@H](C[C@@H]1CCCNC1=O)NC(=O)[C@@H](CC(=O)c1cc2ccccc2o1)CC1CCCCC1. The van der Waals surface area contributed by atoms with Gasteiger partial charge in [0.25, 0.3) is 5.91 Å². The van der Waals surface area contributed by atoms with Crippen molar-refractivity contribution in [1.82, 2.24) is 16.0 Å². The molecule has 9 nitrogen and oxygen atoms in total. The lowest BCUT2D eigenvalue weighted by Crippen LogP contribution is -2.51. The Bertz CT molecular complexity index is 1440. The molecule has 2 fully saturated rings. The highest BCUT2D eigenvalue weighted by Crippen LogP contribution is 2.32. The fraction of sp³-hybridized carbons (Fsp3) is 0.457. The van der Waals surface area contributed by atoms with Gasteiger partial charge in [-0.3, -0.25) is 24.0 Å². The molecular formula is C35H41N3O6. The Labute approximate surface area is 257 Å². The molecule has 2 heterocycles. The molecule has 232 valence electrons. The summed E-state index contributed by atoms with van der Waals surface area (Å²) >= 11 is 0. The van der Waals surface area contributed by atoms with Crippen molar-refractivity contribution in [2.45, 2.75) is 76.8 Å². The quantitative estimate of drug-likeness (QED) is 0.189. The highest BCUT2D eigenvalue weighted by atomic mass is 16.3. The molecule has 3 atom stereocenters. The number of Topliss-reactive ketones (excluding diaryl/α,β-unsaturated/α-hetero) is 2.